The van der Waals surface area contributed by atoms with Crippen LogP contribution >= 0.6 is 0 Å². The Morgan fingerprint density at radius 1 is 1.10 bits per heavy atom. The average molecular weight is 301 g/mol. The Kier molecular flexibility index (Phi) is 3.49. The van der Waals surface area contributed by atoms with Crippen LogP contribution in [0.15, 0.2) is 42.5 Å². The molecule has 2 aromatic carbocycles. The molecule has 110 valence electrons. The fourth-order valence-electron chi connectivity index (χ4n) is 3.02. The summed E-state index contributed by atoms with van der Waals surface area (Å²) in [5, 5.41) is 3.28. The largest absolute Gasteiger partial charge is 0.382 e. The quantitative estimate of drug-likeness (QED) is 0.805. The van der Waals surface area contributed by atoms with Gasteiger partial charge in [0.25, 0.3) is 0 Å². The molecule has 0 bridgehead atoms. The summed E-state index contributed by atoms with van der Waals surface area (Å²) in [7, 11) is -2.96. The maximum Gasteiger partial charge on any atom is 0.149 e. The van der Waals surface area contributed by atoms with E-state index < -0.39 is 9.84 Å². The molecule has 0 spiro atoms. The van der Waals surface area contributed by atoms with Crippen LogP contribution in [0.1, 0.15) is 18.1 Å². The lowest BCUT2D eigenvalue weighted by atomic mass is 10.1. The van der Waals surface area contributed by atoms with Gasteiger partial charge in [0.1, 0.15) is 9.84 Å². The SMILES string of the molecule is CC(CS(C)(=O)=O)Nc1ccc2c(c1)Cc1ccccc1-2. The standard InChI is InChI=1S/C17H19NO2S/c1-12(11-21(2,19)20)18-15-7-8-17-14(10-15)9-13-5-3-4-6-16(13)17/h3-8,10,12,18H,9,11H2,1-2H3. The lowest BCUT2D eigenvalue weighted by Gasteiger charge is -2.15. The van der Waals surface area contributed by atoms with Gasteiger partial charge in [0.15, 0.2) is 0 Å². The van der Waals surface area contributed by atoms with E-state index in [1.165, 1.54) is 28.5 Å². The molecule has 3 nitrogen and oxygen atoms in total. The van der Waals surface area contributed by atoms with Crippen LogP contribution < -0.4 is 5.32 Å². The fraction of sp³-hybridized carbons (Fsp3) is 0.294. The number of hydrogen-bond acceptors (Lipinski definition) is 3. The van der Waals surface area contributed by atoms with E-state index in [4.69, 9.17) is 0 Å². The molecule has 1 N–H and O–H groups in total. The molecule has 21 heavy (non-hydrogen) atoms. The summed E-state index contributed by atoms with van der Waals surface area (Å²) in [6, 6.07) is 14.6. The highest BCUT2D eigenvalue weighted by Crippen LogP contribution is 2.37. The Bertz CT molecular complexity index is 781. The van der Waals surface area contributed by atoms with Gasteiger partial charge in [-0.05, 0) is 47.7 Å². The van der Waals surface area contributed by atoms with Gasteiger partial charge in [-0.3, -0.25) is 0 Å². The molecule has 0 aromatic heterocycles. The maximum atomic E-state index is 11.3. The van der Waals surface area contributed by atoms with Gasteiger partial charge in [0.2, 0.25) is 0 Å². The molecule has 4 heteroatoms. The summed E-state index contributed by atoms with van der Waals surface area (Å²) in [6.07, 6.45) is 2.21. The van der Waals surface area contributed by atoms with E-state index in [2.05, 4.69) is 41.7 Å². The molecule has 2 aromatic rings. The third-order valence-corrected chi connectivity index (χ3v) is 4.86. The molecule has 0 saturated heterocycles. The predicted molar refractivity (Wildman–Crippen MR) is 87.5 cm³/mol. The van der Waals surface area contributed by atoms with Crippen LogP contribution in [0.3, 0.4) is 0 Å². The second kappa shape index (κ2) is 5.19. The number of sulfone groups is 1. The highest BCUT2D eigenvalue weighted by Gasteiger charge is 2.18. The highest BCUT2D eigenvalue weighted by atomic mass is 32.2. The molecule has 0 fully saturated rings. The molecule has 0 amide bonds. The first kappa shape index (κ1) is 14.1. The zero-order chi connectivity index (χ0) is 15.0. The molecule has 1 atom stereocenters. The van der Waals surface area contributed by atoms with Gasteiger partial charge in [0, 0.05) is 18.0 Å². The molecular formula is C17H19NO2S. The second-order valence-electron chi connectivity index (χ2n) is 5.84. The van der Waals surface area contributed by atoms with Crippen molar-refractivity contribution < 1.29 is 8.42 Å². The molecule has 1 aliphatic carbocycles. The minimum absolute atomic E-state index is 0.0955. The predicted octanol–water partition coefficient (Wildman–Crippen LogP) is 3.10. The van der Waals surface area contributed by atoms with Crippen LogP contribution in [0.25, 0.3) is 11.1 Å². The van der Waals surface area contributed by atoms with Gasteiger partial charge >= 0.3 is 0 Å². The van der Waals surface area contributed by atoms with Crippen molar-refractivity contribution in [3.63, 3.8) is 0 Å². The molecule has 0 radical (unpaired) electrons. The number of anilines is 1. The molecular weight excluding hydrogens is 282 g/mol. The lowest BCUT2D eigenvalue weighted by molar-refractivity contribution is 0.598. The lowest BCUT2D eigenvalue weighted by Crippen LogP contribution is -2.24. The van der Waals surface area contributed by atoms with Crippen LogP contribution in [0, 0.1) is 0 Å². The van der Waals surface area contributed by atoms with Gasteiger partial charge in [-0.2, -0.15) is 0 Å². The number of hydrogen-bond donors (Lipinski definition) is 1. The van der Waals surface area contributed by atoms with Crippen LogP contribution in [-0.2, 0) is 16.3 Å². The molecule has 0 aliphatic heterocycles. The van der Waals surface area contributed by atoms with E-state index in [0.717, 1.165) is 12.1 Å². The van der Waals surface area contributed by atoms with Gasteiger partial charge in [-0.1, -0.05) is 30.3 Å². The normalized spacial score (nSPS) is 14.4. The van der Waals surface area contributed by atoms with Crippen molar-refractivity contribution in [1.82, 2.24) is 0 Å². The summed E-state index contributed by atoms with van der Waals surface area (Å²) in [6.45, 7) is 1.89. The number of fused-ring (bicyclic) bond motifs is 3. The van der Waals surface area contributed by atoms with Crippen molar-refractivity contribution in [2.75, 3.05) is 17.3 Å². The van der Waals surface area contributed by atoms with Gasteiger partial charge in [0.05, 0.1) is 5.75 Å². The van der Waals surface area contributed by atoms with Crippen molar-refractivity contribution in [2.24, 2.45) is 0 Å². The van der Waals surface area contributed by atoms with E-state index in [1.807, 2.05) is 13.0 Å². The van der Waals surface area contributed by atoms with Crippen LogP contribution in [0.5, 0.6) is 0 Å². The second-order valence-corrected chi connectivity index (χ2v) is 8.03. The Morgan fingerprint density at radius 2 is 1.81 bits per heavy atom. The van der Waals surface area contributed by atoms with Crippen LogP contribution in [0.4, 0.5) is 5.69 Å². The van der Waals surface area contributed by atoms with Crippen molar-refractivity contribution in [3.8, 4) is 11.1 Å². The van der Waals surface area contributed by atoms with Crippen molar-refractivity contribution in [2.45, 2.75) is 19.4 Å². The van der Waals surface area contributed by atoms with Crippen molar-refractivity contribution in [3.05, 3.63) is 53.6 Å². The van der Waals surface area contributed by atoms with Crippen LogP contribution in [-0.4, -0.2) is 26.5 Å². The first-order valence-electron chi connectivity index (χ1n) is 7.08. The number of rotatable bonds is 4. The third-order valence-electron chi connectivity index (χ3n) is 3.76. The minimum Gasteiger partial charge on any atom is -0.382 e. The summed E-state index contributed by atoms with van der Waals surface area (Å²) in [5.41, 5.74) is 6.23. The van der Waals surface area contributed by atoms with Gasteiger partial charge < -0.3 is 5.32 Å². The average Bonchev–Trinajstić information content (AvgIpc) is 2.73. The smallest absolute Gasteiger partial charge is 0.149 e. The maximum absolute atomic E-state index is 11.3. The molecule has 1 unspecified atom stereocenters. The first-order chi connectivity index (χ1) is 9.92. The zero-order valence-corrected chi connectivity index (χ0v) is 13.1. The topological polar surface area (TPSA) is 46.2 Å². The number of benzene rings is 2. The Balaban J connectivity index is 1.81. The molecule has 3 rings (SSSR count). The van der Waals surface area contributed by atoms with Crippen molar-refractivity contribution in [1.29, 1.82) is 0 Å². The minimum atomic E-state index is -2.96. The van der Waals surface area contributed by atoms with Crippen LogP contribution in [0.2, 0.25) is 0 Å². The summed E-state index contributed by atoms with van der Waals surface area (Å²) in [4.78, 5) is 0. The Labute approximate surface area is 125 Å². The Hall–Kier alpha value is -1.81. The Morgan fingerprint density at radius 3 is 2.57 bits per heavy atom. The fourth-order valence-corrected chi connectivity index (χ4v) is 4.01. The first-order valence-corrected chi connectivity index (χ1v) is 9.14. The van der Waals surface area contributed by atoms with E-state index in [-0.39, 0.29) is 11.8 Å². The summed E-state index contributed by atoms with van der Waals surface area (Å²) < 4.78 is 22.7. The molecule has 1 aliphatic rings. The summed E-state index contributed by atoms with van der Waals surface area (Å²) >= 11 is 0. The van der Waals surface area contributed by atoms with Gasteiger partial charge in [-0.25, -0.2) is 8.42 Å². The molecule has 0 saturated carbocycles. The number of nitrogens with one attached hydrogen (secondary N) is 1. The van der Waals surface area contributed by atoms with Crippen molar-refractivity contribution >= 4 is 15.5 Å². The van der Waals surface area contributed by atoms with E-state index in [0.29, 0.717) is 0 Å². The summed E-state index contributed by atoms with van der Waals surface area (Å²) in [5.74, 6) is 0.143. The van der Waals surface area contributed by atoms with Gasteiger partial charge in [-0.15, -0.1) is 0 Å². The van der Waals surface area contributed by atoms with E-state index in [9.17, 15) is 8.42 Å². The van der Waals surface area contributed by atoms with E-state index in [1.54, 1.807) is 0 Å². The molecule has 0 heterocycles. The third kappa shape index (κ3) is 3.10. The zero-order valence-electron chi connectivity index (χ0n) is 12.3. The van der Waals surface area contributed by atoms with E-state index >= 15 is 0 Å². The monoisotopic (exact) mass is 301 g/mol. The highest BCUT2D eigenvalue weighted by molar-refractivity contribution is 7.90.